The molecule has 1 amide bonds. The standard InChI is InChI=1S/C13H10F2N2O/c1-8-2-3-9(7-16-8)13(18)17-10-4-5-11(14)12(15)6-10/h2-7H,1H3,(H,17,18). The second-order valence-corrected chi connectivity index (χ2v) is 3.77. The van der Waals surface area contributed by atoms with Gasteiger partial charge in [-0.15, -0.1) is 0 Å². The molecule has 0 spiro atoms. The van der Waals surface area contributed by atoms with Crippen molar-refractivity contribution < 1.29 is 13.6 Å². The summed E-state index contributed by atoms with van der Waals surface area (Å²) in [6.45, 7) is 1.80. The molecule has 0 saturated carbocycles. The highest BCUT2D eigenvalue weighted by Gasteiger charge is 2.08. The van der Waals surface area contributed by atoms with Crippen molar-refractivity contribution in [3.63, 3.8) is 0 Å². The van der Waals surface area contributed by atoms with Crippen molar-refractivity contribution in [2.45, 2.75) is 6.92 Å². The van der Waals surface area contributed by atoms with E-state index in [9.17, 15) is 13.6 Å². The maximum absolute atomic E-state index is 12.9. The van der Waals surface area contributed by atoms with Crippen LogP contribution in [0.3, 0.4) is 0 Å². The molecule has 0 aliphatic rings. The number of halogens is 2. The van der Waals surface area contributed by atoms with Gasteiger partial charge >= 0.3 is 0 Å². The molecule has 1 N–H and O–H groups in total. The maximum atomic E-state index is 12.9. The first-order chi connectivity index (χ1) is 8.56. The fourth-order valence-electron chi connectivity index (χ4n) is 1.38. The number of amides is 1. The lowest BCUT2D eigenvalue weighted by molar-refractivity contribution is 0.102. The lowest BCUT2D eigenvalue weighted by Gasteiger charge is -2.05. The number of carbonyl (C=O) groups excluding carboxylic acids is 1. The highest BCUT2D eigenvalue weighted by atomic mass is 19.2. The number of aryl methyl sites for hydroxylation is 1. The number of benzene rings is 1. The van der Waals surface area contributed by atoms with Crippen LogP contribution in [0.1, 0.15) is 16.1 Å². The van der Waals surface area contributed by atoms with Crippen molar-refractivity contribution in [3.05, 3.63) is 59.4 Å². The lowest BCUT2D eigenvalue weighted by atomic mass is 10.2. The molecule has 1 aromatic carbocycles. The first kappa shape index (κ1) is 12.2. The van der Waals surface area contributed by atoms with Gasteiger partial charge in [0.1, 0.15) is 0 Å². The topological polar surface area (TPSA) is 42.0 Å². The summed E-state index contributed by atoms with van der Waals surface area (Å²) in [7, 11) is 0. The third kappa shape index (κ3) is 2.68. The zero-order chi connectivity index (χ0) is 13.1. The van der Waals surface area contributed by atoms with Crippen LogP contribution in [-0.4, -0.2) is 10.9 Å². The van der Waals surface area contributed by atoms with E-state index in [0.717, 1.165) is 17.8 Å². The van der Waals surface area contributed by atoms with Crippen LogP contribution >= 0.6 is 0 Å². The Morgan fingerprint density at radius 2 is 1.94 bits per heavy atom. The molecule has 1 heterocycles. The largest absolute Gasteiger partial charge is 0.322 e. The van der Waals surface area contributed by atoms with Crippen LogP contribution in [-0.2, 0) is 0 Å². The average Bonchev–Trinajstić information content (AvgIpc) is 2.34. The van der Waals surface area contributed by atoms with Crippen molar-refractivity contribution in [2.24, 2.45) is 0 Å². The summed E-state index contributed by atoms with van der Waals surface area (Å²) in [6.07, 6.45) is 1.42. The Morgan fingerprint density at radius 1 is 1.17 bits per heavy atom. The minimum absolute atomic E-state index is 0.194. The van der Waals surface area contributed by atoms with Gasteiger partial charge in [-0.05, 0) is 31.2 Å². The van der Waals surface area contributed by atoms with Gasteiger partial charge in [-0.25, -0.2) is 8.78 Å². The molecule has 3 nitrogen and oxygen atoms in total. The number of pyridine rings is 1. The van der Waals surface area contributed by atoms with Gasteiger partial charge in [0.05, 0.1) is 5.56 Å². The third-order valence-corrected chi connectivity index (χ3v) is 2.35. The smallest absolute Gasteiger partial charge is 0.257 e. The second kappa shape index (κ2) is 4.91. The predicted octanol–water partition coefficient (Wildman–Crippen LogP) is 2.92. The fourth-order valence-corrected chi connectivity index (χ4v) is 1.38. The average molecular weight is 248 g/mol. The van der Waals surface area contributed by atoms with Gasteiger partial charge in [-0.1, -0.05) is 0 Å². The molecule has 0 saturated heterocycles. The van der Waals surface area contributed by atoms with Gasteiger partial charge in [-0.2, -0.15) is 0 Å². The number of anilines is 1. The summed E-state index contributed by atoms with van der Waals surface area (Å²) < 4.78 is 25.7. The van der Waals surface area contributed by atoms with Gasteiger partial charge in [-0.3, -0.25) is 9.78 Å². The normalized spacial score (nSPS) is 10.2. The number of carbonyl (C=O) groups is 1. The maximum Gasteiger partial charge on any atom is 0.257 e. The van der Waals surface area contributed by atoms with E-state index in [4.69, 9.17) is 0 Å². The van der Waals surface area contributed by atoms with Gasteiger partial charge < -0.3 is 5.32 Å². The fraction of sp³-hybridized carbons (Fsp3) is 0.0769. The molecule has 0 fully saturated rings. The number of aromatic nitrogens is 1. The number of hydrogen-bond donors (Lipinski definition) is 1. The van der Waals surface area contributed by atoms with Crippen LogP contribution in [0.25, 0.3) is 0 Å². The zero-order valence-corrected chi connectivity index (χ0v) is 9.58. The van der Waals surface area contributed by atoms with Crippen molar-refractivity contribution in [1.29, 1.82) is 0 Å². The molecule has 1 aromatic heterocycles. The quantitative estimate of drug-likeness (QED) is 0.887. The lowest BCUT2D eigenvalue weighted by Crippen LogP contribution is -2.12. The molecule has 2 rings (SSSR count). The summed E-state index contributed by atoms with van der Waals surface area (Å²) in [6, 6.07) is 6.48. The van der Waals surface area contributed by atoms with E-state index in [1.165, 1.54) is 12.3 Å². The van der Waals surface area contributed by atoms with Crippen LogP contribution in [0.5, 0.6) is 0 Å². The van der Waals surface area contributed by atoms with Crippen molar-refractivity contribution in [1.82, 2.24) is 4.98 Å². The van der Waals surface area contributed by atoms with E-state index in [2.05, 4.69) is 10.3 Å². The molecule has 92 valence electrons. The van der Waals surface area contributed by atoms with E-state index >= 15 is 0 Å². The zero-order valence-electron chi connectivity index (χ0n) is 9.58. The van der Waals surface area contributed by atoms with E-state index in [-0.39, 0.29) is 5.69 Å². The molecule has 5 heteroatoms. The SMILES string of the molecule is Cc1ccc(C(=O)Nc2ccc(F)c(F)c2)cn1. The van der Waals surface area contributed by atoms with E-state index < -0.39 is 17.5 Å². The predicted molar refractivity (Wildman–Crippen MR) is 63.3 cm³/mol. The number of nitrogens with one attached hydrogen (secondary N) is 1. The summed E-state index contributed by atoms with van der Waals surface area (Å²) in [4.78, 5) is 15.7. The molecule has 0 unspecified atom stereocenters. The minimum atomic E-state index is -1.00. The summed E-state index contributed by atoms with van der Waals surface area (Å²) in [5.41, 5.74) is 1.34. The van der Waals surface area contributed by atoms with Crippen molar-refractivity contribution in [2.75, 3.05) is 5.32 Å². The molecular weight excluding hydrogens is 238 g/mol. The third-order valence-electron chi connectivity index (χ3n) is 2.35. The summed E-state index contributed by atoms with van der Waals surface area (Å²) in [5, 5.41) is 2.46. The van der Waals surface area contributed by atoms with E-state index in [1.807, 2.05) is 0 Å². The molecule has 2 aromatic rings. The van der Waals surface area contributed by atoms with Crippen molar-refractivity contribution >= 4 is 11.6 Å². The van der Waals surface area contributed by atoms with Crippen LogP contribution in [0.2, 0.25) is 0 Å². The minimum Gasteiger partial charge on any atom is -0.322 e. The highest BCUT2D eigenvalue weighted by Crippen LogP contribution is 2.14. The molecule has 0 aliphatic heterocycles. The van der Waals surface area contributed by atoms with Crippen LogP contribution in [0, 0.1) is 18.6 Å². The van der Waals surface area contributed by atoms with Crippen LogP contribution in [0.15, 0.2) is 36.5 Å². The Balaban J connectivity index is 2.16. The molecule has 0 bridgehead atoms. The first-order valence-electron chi connectivity index (χ1n) is 5.25. The molecule has 18 heavy (non-hydrogen) atoms. The summed E-state index contributed by atoms with van der Waals surface area (Å²) >= 11 is 0. The second-order valence-electron chi connectivity index (χ2n) is 3.77. The number of rotatable bonds is 2. The van der Waals surface area contributed by atoms with Gasteiger partial charge in [0.2, 0.25) is 0 Å². The Labute approximate surface area is 102 Å². The first-order valence-corrected chi connectivity index (χ1v) is 5.25. The molecule has 0 atom stereocenters. The Kier molecular flexibility index (Phi) is 3.32. The van der Waals surface area contributed by atoms with Gasteiger partial charge in [0.25, 0.3) is 5.91 Å². The van der Waals surface area contributed by atoms with Crippen LogP contribution in [0.4, 0.5) is 14.5 Å². The highest BCUT2D eigenvalue weighted by molar-refractivity contribution is 6.04. The van der Waals surface area contributed by atoms with Gasteiger partial charge in [0, 0.05) is 23.6 Å². The Bertz CT molecular complexity index is 582. The number of nitrogens with zero attached hydrogens (tertiary/aromatic N) is 1. The molecule has 0 aliphatic carbocycles. The number of hydrogen-bond acceptors (Lipinski definition) is 2. The van der Waals surface area contributed by atoms with Crippen LogP contribution < -0.4 is 5.32 Å². The van der Waals surface area contributed by atoms with E-state index in [0.29, 0.717) is 5.56 Å². The monoisotopic (exact) mass is 248 g/mol. The van der Waals surface area contributed by atoms with Gasteiger partial charge in [0.15, 0.2) is 11.6 Å². The Hall–Kier alpha value is -2.30. The van der Waals surface area contributed by atoms with Crippen molar-refractivity contribution in [3.8, 4) is 0 Å². The molecule has 0 radical (unpaired) electrons. The molecular formula is C13H10F2N2O. The van der Waals surface area contributed by atoms with E-state index in [1.54, 1.807) is 19.1 Å². The summed E-state index contributed by atoms with van der Waals surface area (Å²) in [5.74, 6) is -2.38. The Morgan fingerprint density at radius 3 is 2.56 bits per heavy atom.